The Bertz CT molecular complexity index is 1400. The van der Waals surface area contributed by atoms with Gasteiger partial charge >= 0.3 is 6.18 Å². The maximum atomic E-state index is 13.2. The molecule has 1 atom stereocenters. The van der Waals surface area contributed by atoms with Crippen molar-refractivity contribution in [2.75, 3.05) is 13.2 Å². The third kappa shape index (κ3) is 5.25. The van der Waals surface area contributed by atoms with Crippen molar-refractivity contribution in [2.45, 2.75) is 59.3 Å². The molecule has 0 aliphatic carbocycles. The second kappa shape index (κ2) is 9.89. The number of H-pyrrole nitrogens is 1. The molecular weight excluding hydrogens is 477 g/mol. The van der Waals surface area contributed by atoms with Crippen LogP contribution in [0.4, 0.5) is 13.2 Å². The fourth-order valence-corrected chi connectivity index (χ4v) is 5.17. The molecule has 196 valence electrons. The quantitative estimate of drug-likeness (QED) is 0.289. The molecule has 37 heavy (non-hydrogen) atoms. The van der Waals surface area contributed by atoms with Gasteiger partial charge in [0.15, 0.2) is 0 Å². The molecule has 1 aliphatic heterocycles. The number of rotatable bonds is 7. The number of benzene rings is 2. The second-order valence-corrected chi connectivity index (χ2v) is 10.5. The summed E-state index contributed by atoms with van der Waals surface area (Å²) < 4.78 is 47.8. The lowest BCUT2D eigenvalue weighted by atomic mass is 9.98. The van der Waals surface area contributed by atoms with Gasteiger partial charge < -0.3 is 9.72 Å². The highest BCUT2D eigenvalue weighted by Gasteiger charge is 2.35. The van der Waals surface area contributed by atoms with Gasteiger partial charge in [-0.25, -0.2) is 4.68 Å². The summed E-state index contributed by atoms with van der Waals surface area (Å²) in [6.45, 7) is 9.45. The Morgan fingerprint density at radius 2 is 1.92 bits per heavy atom. The summed E-state index contributed by atoms with van der Waals surface area (Å²) in [6.07, 6.45) is -2.53. The Balaban J connectivity index is 1.65. The fourth-order valence-electron chi connectivity index (χ4n) is 5.17. The van der Waals surface area contributed by atoms with Crippen LogP contribution in [0.3, 0.4) is 0 Å². The maximum absolute atomic E-state index is 13.2. The Labute approximate surface area is 215 Å². The lowest BCUT2D eigenvalue weighted by Gasteiger charge is -2.32. The van der Waals surface area contributed by atoms with E-state index in [1.165, 1.54) is 0 Å². The Hall–Kier alpha value is -3.26. The van der Waals surface area contributed by atoms with Crippen LogP contribution in [-0.4, -0.2) is 45.0 Å². The molecule has 0 saturated heterocycles. The Morgan fingerprint density at radius 3 is 2.68 bits per heavy atom. The van der Waals surface area contributed by atoms with Crippen molar-refractivity contribution in [1.29, 1.82) is 0 Å². The summed E-state index contributed by atoms with van der Waals surface area (Å²) in [6, 6.07) is 13.6. The topological polar surface area (TPSA) is 46.1 Å². The minimum Gasteiger partial charge on any atom is -0.491 e. The average molecular weight is 511 g/mol. The van der Waals surface area contributed by atoms with Crippen molar-refractivity contribution < 1.29 is 17.9 Å². The summed E-state index contributed by atoms with van der Waals surface area (Å²) in [7, 11) is 0. The largest absolute Gasteiger partial charge is 0.491 e. The molecule has 0 spiro atoms. The van der Waals surface area contributed by atoms with Gasteiger partial charge in [0.25, 0.3) is 0 Å². The number of hydrogen-bond donors (Lipinski definition) is 1. The smallest absolute Gasteiger partial charge is 0.390 e. The van der Waals surface area contributed by atoms with Gasteiger partial charge in [0.2, 0.25) is 0 Å². The zero-order valence-corrected chi connectivity index (χ0v) is 21.7. The summed E-state index contributed by atoms with van der Waals surface area (Å²) in [4.78, 5) is 5.16. The predicted molar refractivity (Wildman–Crippen MR) is 140 cm³/mol. The molecule has 3 heterocycles. The molecule has 0 saturated carbocycles. The van der Waals surface area contributed by atoms with Crippen molar-refractivity contribution >= 4 is 10.9 Å². The van der Waals surface area contributed by atoms with Crippen LogP contribution in [0.1, 0.15) is 44.0 Å². The maximum Gasteiger partial charge on any atom is 0.390 e. The number of aromatic nitrogens is 3. The molecular formula is C29H33F3N4O. The molecule has 0 bridgehead atoms. The molecule has 1 aliphatic rings. The van der Waals surface area contributed by atoms with E-state index in [1.54, 1.807) is 6.92 Å². The fraction of sp³-hybridized carbons (Fsp3) is 0.414. The van der Waals surface area contributed by atoms with Crippen molar-refractivity contribution in [3.8, 4) is 22.7 Å². The molecule has 0 fully saturated rings. The van der Waals surface area contributed by atoms with Crippen molar-refractivity contribution in [2.24, 2.45) is 5.92 Å². The van der Waals surface area contributed by atoms with Gasteiger partial charge in [-0.15, -0.1) is 0 Å². The molecule has 1 unspecified atom stereocenters. The van der Waals surface area contributed by atoms with Crippen LogP contribution in [0.5, 0.6) is 5.75 Å². The molecule has 0 radical (unpaired) electrons. The number of hydrogen-bond acceptors (Lipinski definition) is 3. The van der Waals surface area contributed by atoms with Gasteiger partial charge in [0.1, 0.15) is 11.4 Å². The van der Waals surface area contributed by atoms with E-state index >= 15 is 0 Å². The number of fused-ring (bicyclic) bond motifs is 2. The van der Waals surface area contributed by atoms with E-state index < -0.39 is 18.6 Å². The van der Waals surface area contributed by atoms with Gasteiger partial charge in [-0.1, -0.05) is 32.0 Å². The molecule has 5 rings (SSSR count). The SMILES string of the molecule is Cc1cccc(OCC(C)C)c1-n1nc2c(c1-c1ccc3[nH]ccc3c1)CN(C(C)CC(F)(F)F)CC2. The van der Waals surface area contributed by atoms with Crippen LogP contribution < -0.4 is 4.74 Å². The zero-order valence-electron chi connectivity index (χ0n) is 21.7. The van der Waals surface area contributed by atoms with Gasteiger partial charge in [0, 0.05) is 53.8 Å². The third-order valence-corrected chi connectivity index (χ3v) is 7.03. The predicted octanol–water partition coefficient (Wildman–Crippen LogP) is 7.06. The van der Waals surface area contributed by atoms with Crippen molar-refractivity contribution in [1.82, 2.24) is 19.7 Å². The summed E-state index contributed by atoms with van der Waals surface area (Å²) in [5, 5.41) is 6.13. The van der Waals surface area contributed by atoms with Crippen molar-refractivity contribution in [3.63, 3.8) is 0 Å². The first kappa shape index (κ1) is 25.4. The molecule has 4 aromatic rings. The van der Waals surface area contributed by atoms with Crippen LogP contribution >= 0.6 is 0 Å². The van der Waals surface area contributed by atoms with Crippen LogP contribution in [0.15, 0.2) is 48.7 Å². The summed E-state index contributed by atoms with van der Waals surface area (Å²) in [5.74, 6) is 1.11. The number of nitrogens with one attached hydrogen (secondary N) is 1. The number of alkyl halides is 3. The first-order valence-corrected chi connectivity index (χ1v) is 12.8. The molecule has 2 aromatic heterocycles. The van der Waals surface area contributed by atoms with E-state index in [0.29, 0.717) is 32.0 Å². The average Bonchev–Trinajstić information content (AvgIpc) is 3.45. The Kier molecular flexibility index (Phi) is 6.79. The highest BCUT2D eigenvalue weighted by molar-refractivity contribution is 5.85. The molecule has 0 amide bonds. The summed E-state index contributed by atoms with van der Waals surface area (Å²) >= 11 is 0. The lowest BCUT2D eigenvalue weighted by molar-refractivity contribution is -0.146. The molecule has 5 nitrogen and oxygen atoms in total. The van der Waals surface area contributed by atoms with Crippen LogP contribution in [0.2, 0.25) is 0 Å². The van der Waals surface area contributed by atoms with Gasteiger partial charge in [-0.2, -0.15) is 18.3 Å². The highest BCUT2D eigenvalue weighted by Crippen LogP contribution is 2.38. The monoisotopic (exact) mass is 510 g/mol. The highest BCUT2D eigenvalue weighted by atomic mass is 19.4. The first-order valence-electron chi connectivity index (χ1n) is 12.8. The van der Waals surface area contributed by atoms with Gasteiger partial charge in [-0.05, 0) is 49.6 Å². The number of aryl methyl sites for hydroxylation is 1. The molecule has 1 N–H and O–H groups in total. The molecule has 8 heteroatoms. The van der Waals surface area contributed by atoms with E-state index in [2.05, 4.69) is 31.0 Å². The Morgan fingerprint density at radius 1 is 1.11 bits per heavy atom. The minimum atomic E-state index is -4.20. The number of nitrogens with zero attached hydrogens (tertiary/aromatic N) is 3. The molecule has 2 aromatic carbocycles. The van der Waals surface area contributed by atoms with Crippen LogP contribution in [-0.2, 0) is 13.0 Å². The van der Waals surface area contributed by atoms with Crippen LogP contribution in [0, 0.1) is 12.8 Å². The zero-order chi connectivity index (χ0) is 26.3. The second-order valence-electron chi connectivity index (χ2n) is 10.5. The number of ether oxygens (including phenoxy) is 1. The van der Waals surface area contributed by atoms with E-state index in [1.807, 2.05) is 53.0 Å². The standard InChI is InChI=1S/C29H33F3N4O/c1-18(2)17-37-26-7-5-6-19(3)27(26)36-28(22-8-9-24-21(14-22)10-12-33-24)23-16-35(13-11-25(23)34-36)20(4)15-29(30,31)32/h5-10,12,14,18,20,33H,11,13,15-17H2,1-4H3. The lowest BCUT2D eigenvalue weighted by Crippen LogP contribution is -2.39. The van der Waals surface area contributed by atoms with Crippen LogP contribution in [0.25, 0.3) is 27.8 Å². The third-order valence-electron chi connectivity index (χ3n) is 7.03. The number of para-hydroxylation sites is 1. The van der Waals surface area contributed by atoms with E-state index in [4.69, 9.17) is 9.84 Å². The minimum absolute atomic E-state index is 0.360. The van der Waals surface area contributed by atoms with E-state index in [0.717, 1.165) is 50.4 Å². The van der Waals surface area contributed by atoms with E-state index in [-0.39, 0.29) is 0 Å². The first-order chi connectivity index (χ1) is 17.6. The summed E-state index contributed by atoms with van der Waals surface area (Å²) in [5.41, 5.74) is 6.71. The number of aromatic amines is 1. The van der Waals surface area contributed by atoms with Gasteiger partial charge in [0.05, 0.1) is 24.4 Å². The van der Waals surface area contributed by atoms with Gasteiger partial charge in [-0.3, -0.25) is 4.90 Å². The number of halogens is 3. The van der Waals surface area contributed by atoms with E-state index in [9.17, 15) is 13.2 Å². The van der Waals surface area contributed by atoms with Crippen molar-refractivity contribution in [3.05, 3.63) is 65.5 Å². The normalized spacial score (nSPS) is 15.4.